The first kappa shape index (κ1) is 13.1. The number of carboxylic acids is 1. The van der Waals surface area contributed by atoms with E-state index in [9.17, 15) is 15.0 Å². The number of carbonyl (C=O) groups is 1. The highest BCUT2D eigenvalue weighted by Gasteiger charge is 2.61. The number of aliphatic carboxylic acids is 1. The molecule has 0 aromatic heterocycles. The number of hydrogen-bond donors (Lipinski definition) is 2. The quantitative estimate of drug-likeness (QED) is 0.761. The van der Waals surface area contributed by atoms with Crippen molar-refractivity contribution in [3.8, 4) is 0 Å². The van der Waals surface area contributed by atoms with Crippen molar-refractivity contribution >= 4 is 5.97 Å². The average Bonchev–Trinajstić information content (AvgIpc) is 2.60. The summed E-state index contributed by atoms with van der Waals surface area (Å²) >= 11 is 0. The summed E-state index contributed by atoms with van der Waals surface area (Å²) < 4.78 is 6.02. The Morgan fingerprint density at radius 3 is 2.84 bits per heavy atom. The van der Waals surface area contributed by atoms with Gasteiger partial charge < -0.3 is 14.9 Å². The summed E-state index contributed by atoms with van der Waals surface area (Å²) in [7, 11) is 0. The van der Waals surface area contributed by atoms with E-state index in [4.69, 9.17) is 4.74 Å². The highest BCUT2D eigenvalue weighted by molar-refractivity contribution is 5.87. The summed E-state index contributed by atoms with van der Waals surface area (Å²) in [5.41, 5.74) is -0.934. The van der Waals surface area contributed by atoms with E-state index in [0.717, 1.165) is 19.3 Å². The van der Waals surface area contributed by atoms with Crippen LogP contribution in [0.15, 0.2) is 11.6 Å². The Balaban J connectivity index is 2.07. The molecule has 0 bridgehead atoms. The van der Waals surface area contributed by atoms with Crippen LogP contribution in [0.3, 0.4) is 0 Å². The van der Waals surface area contributed by atoms with Crippen LogP contribution < -0.4 is 0 Å². The van der Waals surface area contributed by atoms with Crippen LogP contribution in [-0.4, -0.2) is 34.0 Å². The lowest BCUT2D eigenvalue weighted by molar-refractivity contribution is -0.134. The largest absolute Gasteiger partial charge is 0.478 e. The fraction of sp³-hybridized carbons (Fsp3) is 0.800. The van der Waals surface area contributed by atoms with E-state index in [1.807, 2.05) is 13.0 Å². The summed E-state index contributed by atoms with van der Waals surface area (Å²) in [5.74, 6) is 0.0378. The third-order valence-corrected chi connectivity index (χ3v) is 5.49. The molecule has 0 aromatic rings. The molecule has 4 heteroatoms. The molecule has 1 saturated heterocycles. The summed E-state index contributed by atoms with van der Waals surface area (Å²) in [6.45, 7) is 4.35. The highest BCUT2D eigenvalue weighted by atomic mass is 16.5. The van der Waals surface area contributed by atoms with Crippen molar-refractivity contribution in [2.75, 3.05) is 6.61 Å². The standard InChI is InChI=1S/C15H22O4/c1-9-3-6-12-14(2,18)8-19-15(12)7-10(13(16)17)4-5-11(9)15/h7,9,11-12,18H,3-6,8H2,1-2H3,(H,16,17). The van der Waals surface area contributed by atoms with Crippen molar-refractivity contribution in [1.29, 1.82) is 0 Å². The monoisotopic (exact) mass is 266 g/mol. The molecule has 1 heterocycles. The number of rotatable bonds is 1. The van der Waals surface area contributed by atoms with Crippen LogP contribution in [0.2, 0.25) is 0 Å². The van der Waals surface area contributed by atoms with Gasteiger partial charge in [-0.15, -0.1) is 0 Å². The highest BCUT2D eigenvalue weighted by Crippen LogP contribution is 2.57. The lowest BCUT2D eigenvalue weighted by Gasteiger charge is -2.50. The number of ether oxygens (including phenoxy) is 1. The summed E-state index contributed by atoms with van der Waals surface area (Å²) in [4.78, 5) is 11.3. The predicted molar refractivity (Wildman–Crippen MR) is 69.6 cm³/mol. The molecular formula is C15H22O4. The fourth-order valence-electron chi connectivity index (χ4n) is 4.52. The SMILES string of the molecule is CC1CCC2C(C)(O)COC23C=C(C(=O)O)CCC13. The van der Waals surface area contributed by atoms with Crippen molar-refractivity contribution in [2.45, 2.75) is 50.7 Å². The zero-order valence-corrected chi connectivity index (χ0v) is 11.6. The number of hydrogen-bond acceptors (Lipinski definition) is 3. The smallest absolute Gasteiger partial charge is 0.331 e. The summed E-state index contributed by atoms with van der Waals surface area (Å²) in [5, 5.41) is 19.8. The summed E-state index contributed by atoms with van der Waals surface area (Å²) in [6, 6.07) is 0. The molecule has 106 valence electrons. The molecule has 3 rings (SSSR count). The molecular weight excluding hydrogens is 244 g/mol. The molecule has 5 atom stereocenters. The Morgan fingerprint density at radius 2 is 2.16 bits per heavy atom. The van der Waals surface area contributed by atoms with Crippen molar-refractivity contribution < 1.29 is 19.7 Å². The van der Waals surface area contributed by atoms with Gasteiger partial charge in [0.2, 0.25) is 0 Å². The molecule has 1 spiro atoms. The van der Waals surface area contributed by atoms with Crippen molar-refractivity contribution in [3.05, 3.63) is 11.6 Å². The molecule has 1 saturated carbocycles. The van der Waals surface area contributed by atoms with Gasteiger partial charge in [0.05, 0.1) is 17.8 Å². The lowest BCUT2D eigenvalue weighted by Crippen LogP contribution is -2.54. The molecule has 2 aliphatic carbocycles. The van der Waals surface area contributed by atoms with E-state index in [1.54, 1.807) is 0 Å². The predicted octanol–water partition coefficient (Wildman–Crippen LogP) is 1.97. The van der Waals surface area contributed by atoms with E-state index in [-0.39, 0.29) is 5.92 Å². The second kappa shape index (κ2) is 4.06. The maximum absolute atomic E-state index is 11.3. The maximum Gasteiger partial charge on any atom is 0.331 e. The molecule has 1 aliphatic heterocycles. The molecule has 0 amide bonds. The van der Waals surface area contributed by atoms with E-state index in [2.05, 4.69) is 6.92 Å². The topological polar surface area (TPSA) is 66.8 Å². The zero-order valence-electron chi connectivity index (χ0n) is 11.6. The number of carboxylic acid groups (broad SMARTS) is 1. The van der Waals surface area contributed by atoms with Gasteiger partial charge in [-0.25, -0.2) is 4.79 Å². The van der Waals surface area contributed by atoms with Crippen LogP contribution in [0.4, 0.5) is 0 Å². The van der Waals surface area contributed by atoms with Crippen LogP contribution in [0.25, 0.3) is 0 Å². The summed E-state index contributed by atoms with van der Waals surface area (Å²) in [6.07, 6.45) is 5.29. The van der Waals surface area contributed by atoms with Crippen molar-refractivity contribution in [2.24, 2.45) is 17.8 Å². The van der Waals surface area contributed by atoms with Crippen LogP contribution in [0.5, 0.6) is 0 Å². The van der Waals surface area contributed by atoms with Gasteiger partial charge in [-0.05, 0) is 50.5 Å². The van der Waals surface area contributed by atoms with Crippen molar-refractivity contribution in [1.82, 2.24) is 0 Å². The van der Waals surface area contributed by atoms with Gasteiger partial charge in [0.15, 0.2) is 0 Å². The normalized spacial score (nSPS) is 49.2. The van der Waals surface area contributed by atoms with Crippen LogP contribution >= 0.6 is 0 Å². The van der Waals surface area contributed by atoms with Gasteiger partial charge in [-0.3, -0.25) is 0 Å². The van der Waals surface area contributed by atoms with E-state index in [1.165, 1.54) is 0 Å². The third-order valence-electron chi connectivity index (χ3n) is 5.49. The van der Waals surface area contributed by atoms with Gasteiger partial charge in [0, 0.05) is 11.5 Å². The molecule has 4 nitrogen and oxygen atoms in total. The molecule has 19 heavy (non-hydrogen) atoms. The maximum atomic E-state index is 11.3. The van der Waals surface area contributed by atoms with Crippen molar-refractivity contribution in [3.63, 3.8) is 0 Å². The Kier molecular flexibility index (Phi) is 2.81. The van der Waals surface area contributed by atoms with E-state index < -0.39 is 17.2 Å². The molecule has 5 unspecified atom stereocenters. The van der Waals surface area contributed by atoms with Gasteiger partial charge >= 0.3 is 5.97 Å². The minimum Gasteiger partial charge on any atom is -0.478 e. The van der Waals surface area contributed by atoms with E-state index in [0.29, 0.717) is 30.4 Å². The molecule has 0 radical (unpaired) electrons. The van der Waals surface area contributed by atoms with Gasteiger partial charge in [0.1, 0.15) is 0 Å². The average molecular weight is 266 g/mol. The second-order valence-electron chi connectivity index (χ2n) is 6.73. The lowest BCUT2D eigenvalue weighted by atomic mass is 9.57. The third kappa shape index (κ3) is 1.77. The van der Waals surface area contributed by atoms with Crippen LogP contribution in [0.1, 0.15) is 39.5 Å². The molecule has 2 N–H and O–H groups in total. The first-order valence-electron chi connectivity index (χ1n) is 7.18. The van der Waals surface area contributed by atoms with Crippen LogP contribution in [-0.2, 0) is 9.53 Å². The fourth-order valence-corrected chi connectivity index (χ4v) is 4.52. The van der Waals surface area contributed by atoms with Gasteiger partial charge in [0.25, 0.3) is 0 Å². The molecule has 0 aromatic carbocycles. The second-order valence-corrected chi connectivity index (χ2v) is 6.73. The molecule has 2 fully saturated rings. The minimum atomic E-state index is -0.847. The van der Waals surface area contributed by atoms with E-state index >= 15 is 0 Å². The first-order chi connectivity index (χ1) is 8.87. The molecule has 3 aliphatic rings. The Morgan fingerprint density at radius 1 is 1.42 bits per heavy atom. The minimum absolute atomic E-state index is 0.0239. The Labute approximate surface area is 113 Å². The first-order valence-corrected chi connectivity index (χ1v) is 7.18. The van der Waals surface area contributed by atoms with Crippen LogP contribution in [0, 0.1) is 17.8 Å². The number of aliphatic hydroxyl groups is 1. The van der Waals surface area contributed by atoms with Gasteiger partial charge in [-0.1, -0.05) is 6.92 Å². The zero-order chi connectivity index (χ0) is 13.8. The Bertz CT molecular complexity index is 439. The Hall–Kier alpha value is -0.870. The van der Waals surface area contributed by atoms with Gasteiger partial charge in [-0.2, -0.15) is 0 Å².